The summed E-state index contributed by atoms with van der Waals surface area (Å²) in [6.45, 7) is 0. The number of rotatable bonds is 3. The first-order valence-electron chi connectivity index (χ1n) is 4.60. The number of aldehydes is 1. The van der Waals surface area contributed by atoms with Gasteiger partial charge in [-0.25, -0.2) is 0 Å². The molecule has 0 atom stereocenters. The zero-order valence-electron chi connectivity index (χ0n) is 7.69. The van der Waals surface area contributed by atoms with Crippen LogP contribution in [0.25, 0.3) is 0 Å². The number of hydrogen-bond donors (Lipinski definition) is 1. The maximum Gasteiger partial charge on any atom is 0.237 e. The van der Waals surface area contributed by atoms with Crippen LogP contribution < -0.4 is 5.32 Å². The van der Waals surface area contributed by atoms with Crippen LogP contribution in [0.3, 0.4) is 0 Å². The van der Waals surface area contributed by atoms with Gasteiger partial charge < -0.3 is 10.1 Å². The average molecular weight is 189 g/mol. The molecule has 1 amide bonds. The summed E-state index contributed by atoms with van der Waals surface area (Å²) in [4.78, 5) is 22.2. The molecule has 2 rings (SSSR count). The second-order valence-corrected chi connectivity index (χ2v) is 3.59. The Hall–Kier alpha value is -1.64. The van der Waals surface area contributed by atoms with Crippen LogP contribution in [0.5, 0.6) is 0 Å². The number of amides is 1. The number of carbonyl (C=O) groups is 2. The van der Waals surface area contributed by atoms with Gasteiger partial charge in [0.1, 0.15) is 11.7 Å². The third-order valence-corrected chi connectivity index (χ3v) is 2.50. The van der Waals surface area contributed by atoms with Crippen LogP contribution in [-0.2, 0) is 9.59 Å². The Morgan fingerprint density at radius 1 is 1.29 bits per heavy atom. The molecule has 14 heavy (non-hydrogen) atoms. The monoisotopic (exact) mass is 189 g/mol. The minimum atomic E-state index is -0.726. The van der Waals surface area contributed by atoms with Crippen LogP contribution in [0.1, 0.15) is 12.8 Å². The predicted octanol–water partition coefficient (Wildman–Crippen LogP) is 1.60. The van der Waals surface area contributed by atoms with Crippen molar-refractivity contribution in [2.45, 2.75) is 12.8 Å². The number of carbonyl (C=O) groups excluding carboxylic acids is 2. The molecule has 0 spiro atoms. The molecule has 1 aromatic carbocycles. The molecule has 0 bridgehead atoms. The third-order valence-electron chi connectivity index (χ3n) is 2.50. The summed E-state index contributed by atoms with van der Waals surface area (Å²) in [5.41, 5.74) is 0.0150. The molecule has 1 aromatic rings. The second-order valence-electron chi connectivity index (χ2n) is 3.59. The van der Waals surface area contributed by atoms with Crippen molar-refractivity contribution < 1.29 is 9.59 Å². The standard InChI is InChI=1S/C11H11NO2/c13-8-11(6-7-11)10(14)12-9-4-2-1-3-5-9/h1-5,8H,6-7H2,(H,12,14). The Kier molecular flexibility index (Phi) is 2.08. The van der Waals surface area contributed by atoms with E-state index in [0.717, 1.165) is 12.0 Å². The van der Waals surface area contributed by atoms with Gasteiger partial charge in [-0.2, -0.15) is 0 Å². The molecular formula is C11H11NO2. The van der Waals surface area contributed by atoms with Crippen LogP contribution in [0.4, 0.5) is 5.69 Å². The van der Waals surface area contributed by atoms with E-state index in [1.807, 2.05) is 18.2 Å². The fourth-order valence-electron chi connectivity index (χ4n) is 1.31. The first-order chi connectivity index (χ1) is 6.77. The number of anilines is 1. The third kappa shape index (κ3) is 1.53. The van der Waals surface area contributed by atoms with Gasteiger partial charge in [0.05, 0.1) is 0 Å². The lowest BCUT2D eigenvalue weighted by Gasteiger charge is -2.08. The summed E-state index contributed by atoms with van der Waals surface area (Å²) in [7, 11) is 0. The highest BCUT2D eigenvalue weighted by Gasteiger charge is 2.49. The molecule has 0 radical (unpaired) electrons. The molecule has 0 aromatic heterocycles. The van der Waals surface area contributed by atoms with Gasteiger partial charge in [-0.05, 0) is 25.0 Å². The molecule has 72 valence electrons. The largest absolute Gasteiger partial charge is 0.325 e. The Labute approximate surface area is 82.1 Å². The van der Waals surface area contributed by atoms with Gasteiger partial charge in [-0.3, -0.25) is 4.79 Å². The minimum absolute atomic E-state index is 0.182. The van der Waals surface area contributed by atoms with Crippen molar-refractivity contribution >= 4 is 17.9 Å². The van der Waals surface area contributed by atoms with Gasteiger partial charge in [0, 0.05) is 5.69 Å². The fourth-order valence-corrected chi connectivity index (χ4v) is 1.31. The summed E-state index contributed by atoms with van der Waals surface area (Å²) < 4.78 is 0. The highest BCUT2D eigenvalue weighted by molar-refractivity contribution is 6.07. The van der Waals surface area contributed by atoms with Crippen molar-refractivity contribution in [3.63, 3.8) is 0 Å². The molecule has 1 aliphatic rings. The van der Waals surface area contributed by atoms with E-state index < -0.39 is 5.41 Å². The molecular weight excluding hydrogens is 178 g/mol. The van der Waals surface area contributed by atoms with Gasteiger partial charge in [0.25, 0.3) is 0 Å². The summed E-state index contributed by atoms with van der Waals surface area (Å²) in [6.07, 6.45) is 2.11. The van der Waals surface area contributed by atoms with Crippen LogP contribution in [0.15, 0.2) is 30.3 Å². The van der Waals surface area contributed by atoms with Crippen molar-refractivity contribution in [2.24, 2.45) is 5.41 Å². The fraction of sp³-hybridized carbons (Fsp3) is 0.273. The van der Waals surface area contributed by atoms with Crippen molar-refractivity contribution in [2.75, 3.05) is 5.32 Å². The van der Waals surface area contributed by atoms with Crippen LogP contribution >= 0.6 is 0 Å². The quantitative estimate of drug-likeness (QED) is 0.580. The SMILES string of the molecule is O=CC1(C(=O)Nc2ccccc2)CC1. The first kappa shape index (κ1) is 8.94. The lowest BCUT2D eigenvalue weighted by Crippen LogP contribution is -2.25. The van der Waals surface area contributed by atoms with Crippen molar-refractivity contribution in [3.05, 3.63) is 30.3 Å². The van der Waals surface area contributed by atoms with Crippen LogP contribution in [0.2, 0.25) is 0 Å². The average Bonchev–Trinajstić information content (AvgIpc) is 3.00. The minimum Gasteiger partial charge on any atom is -0.325 e. The summed E-state index contributed by atoms with van der Waals surface area (Å²) in [5, 5.41) is 2.73. The van der Waals surface area contributed by atoms with E-state index in [2.05, 4.69) is 5.32 Å². The van der Waals surface area contributed by atoms with Crippen LogP contribution in [0, 0.1) is 5.41 Å². The van der Waals surface area contributed by atoms with Crippen molar-refractivity contribution in [3.8, 4) is 0 Å². The zero-order chi connectivity index (χ0) is 10.0. The maximum atomic E-state index is 11.6. The van der Waals surface area contributed by atoms with Crippen LogP contribution in [-0.4, -0.2) is 12.2 Å². The van der Waals surface area contributed by atoms with E-state index in [9.17, 15) is 9.59 Å². The lowest BCUT2D eigenvalue weighted by molar-refractivity contribution is -0.126. The molecule has 1 fully saturated rings. The maximum absolute atomic E-state index is 11.6. The normalized spacial score (nSPS) is 17.1. The van der Waals surface area contributed by atoms with Crippen molar-refractivity contribution in [1.82, 2.24) is 0 Å². The molecule has 3 nitrogen and oxygen atoms in total. The second kappa shape index (κ2) is 3.25. The molecule has 0 heterocycles. The zero-order valence-corrected chi connectivity index (χ0v) is 7.69. The number of para-hydroxylation sites is 1. The smallest absolute Gasteiger partial charge is 0.237 e. The Bertz CT molecular complexity index is 355. The van der Waals surface area contributed by atoms with Gasteiger partial charge in [0.15, 0.2) is 0 Å². The topological polar surface area (TPSA) is 46.2 Å². The number of nitrogens with one attached hydrogen (secondary N) is 1. The van der Waals surface area contributed by atoms with Gasteiger partial charge >= 0.3 is 0 Å². The Balaban J connectivity index is 2.06. The molecule has 0 aliphatic heterocycles. The molecule has 1 saturated carbocycles. The summed E-state index contributed by atoms with van der Waals surface area (Å²) >= 11 is 0. The molecule has 1 N–H and O–H groups in total. The van der Waals surface area contributed by atoms with E-state index in [0.29, 0.717) is 12.8 Å². The highest BCUT2D eigenvalue weighted by Crippen LogP contribution is 2.44. The Morgan fingerprint density at radius 2 is 1.93 bits per heavy atom. The summed E-state index contributed by atoms with van der Waals surface area (Å²) in [5.74, 6) is -0.182. The highest BCUT2D eigenvalue weighted by atomic mass is 16.2. The van der Waals surface area contributed by atoms with Gasteiger partial charge in [-0.1, -0.05) is 18.2 Å². The van der Waals surface area contributed by atoms with E-state index in [1.54, 1.807) is 12.1 Å². The molecule has 3 heteroatoms. The van der Waals surface area contributed by atoms with E-state index in [-0.39, 0.29) is 5.91 Å². The first-order valence-corrected chi connectivity index (χ1v) is 4.60. The number of hydrogen-bond acceptors (Lipinski definition) is 2. The Morgan fingerprint density at radius 3 is 2.43 bits per heavy atom. The van der Waals surface area contributed by atoms with Crippen molar-refractivity contribution in [1.29, 1.82) is 0 Å². The lowest BCUT2D eigenvalue weighted by atomic mass is 10.1. The molecule has 1 aliphatic carbocycles. The molecule has 0 saturated heterocycles. The van der Waals surface area contributed by atoms with Gasteiger partial charge in [-0.15, -0.1) is 0 Å². The van der Waals surface area contributed by atoms with E-state index >= 15 is 0 Å². The number of benzene rings is 1. The summed E-state index contributed by atoms with van der Waals surface area (Å²) in [6, 6.07) is 9.17. The van der Waals surface area contributed by atoms with Gasteiger partial charge in [0.2, 0.25) is 5.91 Å². The van der Waals surface area contributed by atoms with E-state index in [1.165, 1.54) is 0 Å². The molecule has 0 unspecified atom stereocenters. The van der Waals surface area contributed by atoms with E-state index in [4.69, 9.17) is 0 Å². The predicted molar refractivity (Wildman–Crippen MR) is 52.8 cm³/mol.